The fraction of sp³-hybridized carbons (Fsp3) is 0.0556. The number of H-pyrrole nitrogens is 1. The first-order valence-electron chi connectivity index (χ1n) is 7.63. The van der Waals surface area contributed by atoms with Crippen LogP contribution in [-0.2, 0) is 4.79 Å². The van der Waals surface area contributed by atoms with Crippen LogP contribution < -0.4 is 5.32 Å². The molecule has 0 aliphatic carbocycles. The maximum Gasteiger partial charge on any atom is 0.234 e. The highest BCUT2D eigenvalue weighted by Crippen LogP contribution is 2.20. The van der Waals surface area contributed by atoms with Gasteiger partial charge in [-0.1, -0.05) is 59.8 Å². The summed E-state index contributed by atoms with van der Waals surface area (Å²) in [6.07, 6.45) is 3.73. The van der Waals surface area contributed by atoms with E-state index in [2.05, 4.69) is 20.5 Å². The molecule has 0 aliphatic heterocycles. The molecule has 2 aromatic carbocycles. The smallest absolute Gasteiger partial charge is 0.234 e. The molecule has 5 nitrogen and oxygen atoms in total. The van der Waals surface area contributed by atoms with E-state index in [1.807, 2.05) is 42.5 Å². The minimum atomic E-state index is -0.532. The molecule has 0 saturated heterocycles. The average Bonchev–Trinajstić information content (AvgIpc) is 3.10. The molecule has 2 N–H and O–H groups in total. The predicted molar refractivity (Wildman–Crippen MR) is 103 cm³/mol. The van der Waals surface area contributed by atoms with E-state index >= 15 is 0 Å². The lowest BCUT2D eigenvalue weighted by Crippen LogP contribution is -2.14. The Hall–Kier alpha value is -2.64. The van der Waals surface area contributed by atoms with E-state index in [-0.39, 0.29) is 16.7 Å². The molecule has 3 aromatic rings. The summed E-state index contributed by atoms with van der Waals surface area (Å²) in [5.74, 6) is -0.0731. The van der Waals surface area contributed by atoms with Gasteiger partial charge >= 0.3 is 0 Å². The van der Waals surface area contributed by atoms with E-state index in [1.165, 1.54) is 30.0 Å². The SMILES string of the molecule is O=C(CSc1n[nH]c(/C=C/c2ccccc2)n1)Nc1ccc(F)c(Cl)c1. The van der Waals surface area contributed by atoms with E-state index in [9.17, 15) is 9.18 Å². The summed E-state index contributed by atoms with van der Waals surface area (Å²) < 4.78 is 13.1. The Balaban J connectivity index is 1.52. The molecule has 1 heterocycles. The summed E-state index contributed by atoms with van der Waals surface area (Å²) in [6.45, 7) is 0. The Labute approximate surface area is 158 Å². The zero-order chi connectivity index (χ0) is 18.4. The number of benzene rings is 2. The maximum atomic E-state index is 13.1. The second-order valence-electron chi connectivity index (χ2n) is 5.21. The Kier molecular flexibility index (Phi) is 6.04. The summed E-state index contributed by atoms with van der Waals surface area (Å²) in [6, 6.07) is 13.8. The van der Waals surface area contributed by atoms with Gasteiger partial charge in [-0.05, 0) is 29.8 Å². The largest absolute Gasteiger partial charge is 0.325 e. The standard InChI is InChI=1S/C18H14ClFN4OS/c19-14-10-13(7-8-15(14)20)21-17(25)11-26-18-22-16(23-24-18)9-6-12-4-2-1-3-5-12/h1-10H,11H2,(H,21,25)(H,22,23,24)/b9-6+. The van der Waals surface area contributed by atoms with Gasteiger partial charge < -0.3 is 5.32 Å². The van der Waals surface area contributed by atoms with Crippen LogP contribution in [0.5, 0.6) is 0 Å². The van der Waals surface area contributed by atoms with Crippen molar-refractivity contribution in [1.82, 2.24) is 15.2 Å². The van der Waals surface area contributed by atoms with Crippen LogP contribution in [0.4, 0.5) is 10.1 Å². The van der Waals surface area contributed by atoms with E-state index in [4.69, 9.17) is 11.6 Å². The van der Waals surface area contributed by atoms with Gasteiger partial charge in [0, 0.05) is 5.69 Å². The molecule has 1 aromatic heterocycles. The number of amides is 1. The van der Waals surface area contributed by atoms with Gasteiger partial charge in [0.1, 0.15) is 11.6 Å². The van der Waals surface area contributed by atoms with Gasteiger partial charge in [0.15, 0.2) is 0 Å². The molecule has 0 radical (unpaired) electrons. The number of hydrogen-bond donors (Lipinski definition) is 2. The van der Waals surface area contributed by atoms with E-state index in [0.29, 0.717) is 16.7 Å². The van der Waals surface area contributed by atoms with Crippen LogP contribution in [0.3, 0.4) is 0 Å². The van der Waals surface area contributed by atoms with Crippen LogP contribution in [0.25, 0.3) is 12.2 Å². The Morgan fingerprint density at radius 2 is 2.04 bits per heavy atom. The van der Waals surface area contributed by atoms with Crippen LogP contribution >= 0.6 is 23.4 Å². The molecule has 0 fully saturated rings. The zero-order valence-corrected chi connectivity index (χ0v) is 15.0. The van der Waals surface area contributed by atoms with Crippen molar-refractivity contribution in [2.45, 2.75) is 5.16 Å². The minimum absolute atomic E-state index is 0.0423. The molecule has 3 rings (SSSR count). The maximum absolute atomic E-state index is 13.1. The molecule has 0 atom stereocenters. The minimum Gasteiger partial charge on any atom is -0.325 e. The third-order valence-corrected chi connectivity index (χ3v) is 4.39. The second-order valence-corrected chi connectivity index (χ2v) is 6.56. The number of halogens is 2. The van der Waals surface area contributed by atoms with Crippen molar-refractivity contribution in [2.75, 3.05) is 11.1 Å². The highest BCUT2D eigenvalue weighted by molar-refractivity contribution is 7.99. The van der Waals surface area contributed by atoms with Crippen molar-refractivity contribution in [3.8, 4) is 0 Å². The summed E-state index contributed by atoms with van der Waals surface area (Å²) in [5, 5.41) is 9.93. The van der Waals surface area contributed by atoms with Gasteiger partial charge in [-0.3, -0.25) is 9.89 Å². The van der Waals surface area contributed by atoms with Crippen molar-refractivity contribution in [2.24, 2.45) is 0 Å². The molecular formula is C18H14ClFN4OS. The first-order chi connectivity index (χ1) is 12.6. The number of carbonyl (C=O) groups is 1. The number of nitrogens with zero attached hydrogens (tertiary/aromatic N) is 2. The van der Waals surface area contributed by atoms with Crippen LogP contribution in [-0.4, -0.2) is 26.8 Å². The molecule has 0 unspecified atom stereocenters. The van der Waals surface area contributed by atoms with E-state index < -0.39 is 5.82 Å². The van der Waals surface area contributed by atoms with Gasteiger partial charge in [0.2, 0.25) is 11.1 Å². The molecule has 0 aliphatic rings. The zero-order valence-electron chi connectivity index (χ0n) is 13.4. The quantitative estimate of drug-likeness (QED) is 0.610. The number of hydrogen-bond acceptors (Lipinski definition) is 4. The molecule has 0 saturated carbocycles. The van der Waals surface area contributed by atoms with Crippen molar-refractivity contribution < 1.29 is 9.18 Å². The number of carbonyl (C=O) groups excluding carboxylic acids is 1. The van der Waals surface area contributed by atoms with E-state index in [0.717, 1.165) is 5.56 Å². The number of anilines is 1. The van der Waals surface area contributed by atoms with Gasteiger partial charge in [0.25, 0.3) is 0 Å². The molecule has 8 heteroatoms. The van der Waals surface area contributed by atoms with Crippen molar-refractivity contribution in [3.05, 3.63) is 70.8 Å². The average molecular weight is 389 g/mol. The molecule has 1 amide bonds. The van der Waals surface area contributed by atoms with Gasteiger partial charge in [-0.15, -0.1) is 5.10 Å². The van der Waals surface area contributed by atoms with Gasteiger partial charge in [-0.2, -0.15) is 0 Å². The summed E-state index contributed by atoms with van der Waals surface area (Å²) >= 11 is 6.88. The van der Waals surface area contributed by atoms with Crippen molar-refractivity contribution in [1.29, 1.82) is 0 Å². The Morgan fingerprint density at radius 1 is 1.23 bits per heavy atom. The first kappa shape index (κ1) is 18.2. The molecule has 0 spiro atoms. The monoisotopic (exact) mass is 388 g/mol. The number of nitrogens with one attached hydrogen (secondary N) is 2. The number of thioether (sulfide) groups is 1. The molecule has 0 bridgehead atoms. The fourth-order valence-corrected chi connectivity index (χ4v) is 2.82. The lowest BCUT2D eigenvalue weighted by molar-refractivity contribution is -0.113. The number of aromatic amines is 1. The van der Waals surface area contributed by atoms with Crippen molar-refractivity contribution >= 4 is 47.1 Å². The second kappa shape index (κ2) is 8.64. The van der Waals surface area contributed by atoms with Crippen LogP contribution in [0.1, 0.15) is 11.4 Å². The summed E-state index contributed by atoms with van der Waals surface area (Å²) in [7, 11) is 0. The predicted octanol–water partition coefficient (Wildman–Crippen LogP) is 4.50. The van der Waals surface area contributed by atoms with Gasteiger partial charge in [-0.25, -0.2) is 9.37 Å². The third-order valence-electron chi connectivity index (χ3n) is 3.25. The normalized spacial score (nSPS) is 11.0. The van der Waals surface area contributed by atoms with Gasteiger partial charge in [0.05, 0.1) is 10.8 Å². The highest BCUT2D eigenvalue weighted by Gasteiger charge is 2.08. The molecule has 132 valence electrons. The third kappa shape index (κ3) is 5.18. The summed E-state index contributed by atoms with van der Waals surface area (Å²) in [4.78, 5) is 16.2. The Bertz CT molecular complexity index is 930. The lowest BCUT2D eigenvalue weighted by atomic mass is 10.2. The van der Waals surface area contributed by atoms with Crippen LogP contribution in [0.2, 0.25) is 5.02 Å². The summed E-state index contributed by atoms with van der Waals surface area (Å²) in [5.41, 5.74) is 1.49. The topological polar surface area (TPSA) is 70.7 Å². The molecule has 26 heavy (non-hydrogen) atoms. The van der Waals surface area contributed by atoms with Crippen LogP contribution in [0.15, 0.2) is 53.7 Å². The van der Waals surface area contributed by atoms with Crippen molar-refractivity contribution in [3.63, 3.8) is 0 Å². The first-order valence-corrected chi connectivity index (χ1v) is 9.00. The lowest BCUT2D eigenvalue weighted by Gasteiger charge is -2.04. The number of rotatable bonds is 6. The fourth-order valence-electron chi connectivity index (χ4n) is 2.04. The molecular weight excluding hydrogens is 375 g/mol. The Morgan fingerprint density at radius 3 is 2.81 bits per heavy atom. The van der Waals surface area contributed by atoms with E-state index in [1.54, 1.807) is 0 Å². The highest BCUT2D eigenvalue weighted by atomic mass is 35.5. The number of aromatic nitrogens is 3. The van der Waals surface area contributed by atoms with Crippen LogP contribution in [0, 0.1) is 5.82 Å².